The number of methoxy groups -OCH3 is 1. The number of hydrogen-bond donors (Lipinski definition) is 2. The van der Waals surface area contributed by atoms with E-state index in [1.807, 2.05) is 0 Å². The van der Waals surface area contributed by atoms with Crippen molar-refractivity contribution in [1.82, 2.24) is 0 Å². The zero-order valence-electron chi connectivity index (χ0n) is 20.0. The molecule has 0 aliphatic carbocycles. The highest BCUT2D eigenvalue weighted by atomic mass is 35.5. The molecule has 1 atom stereocenters. The van der Waals surface area contributed by atoms with E-state index in [2.05, 4.69) is 10.0 Å². The van der Waals surface area contributed by atoms with Gasteiger partial charge in [-0.2, -0.15) is 0 Å². The fourth-order valence-corrected chi connectivity index (χ4v) is 6.01. The van der Waals surface area contributed by atoms with Gasteiger partial charge in [0.1, 0.15) is 11.8 Å². The van der Waals surface area contributed by atoms with Gasteiger partial charge in [0.25, 0.3) is 10.0 Å². The van der Waals surface area contributed by atoms with Gasteiger partial charge in [-0.25, -0.2) is 16.8 Å². The Morgan fingerprint density at radius 2 is 1.64 bits per heavy atom. The van der Waals surface area contributed by atoms with Gasteiger partial charge in [-0.05, 0) is 67.9 Å². The molecule has 0 saturated carbocycles. The van der Waals surface area contributed by atoms with Crippen LogP contribution in [-0.2, 0) is 24.8 Å². The molecule has 0 radical (unpaired) electrons. The number of amides is 1. The minimum atomic E-state index is -3.86. The number of nitrogens with zero attached hydrogens (tertiary/aromatic N) is 1. The second-order valence-electron chi connectivity index (χ2n) is 7.99. The maximum Gasteiger partial charge on any atom is 0.261 e. The molecule has 0 aliphatic heterocycles. The number of aryl methyl sites for hydroxylation is 1. The number of carbonyl (C=O) groups is 1. The van der Waals surface area contributed by atoms with Crippen LogP contribution in [0.3, 0.4) is 0 Å². The third-order valence-corrected chi connectivity index (χ3v) is 8.22. The van der Waals surface area contributed by atoms with Gasteiger partial charge in [-0.3, -0.25) is 13.8 Å². The number of para-hydroxylation sites is 1. The summed E-state index contributed by atoms with van der Waals surface area (Å²) in [6.45, 7) is 3.22. The Morgan fingerprint density at radius 1 is 1.00 bits per heavy atom. The lowest BCUT2D eigenvalue weighted by molar-refractivity contribution is -0.116. The highest BCUT2D eigenvalue weighted by Crippen LogP contribution is 2.31. The fourth-order valence-electron chi connectivity index (χ4n) is 3.46. The molecular formula is C24H26ClN3O6S2. The zero-order chi connectivity index (χ0) is 26.7. The third-order valence-electron chi connectivity index (χ3n) is 5.30. The van der Waals surface area contributed by atoms with E-state index in [-0.39, 0.29) is 15.6 Å². The minimum Gasteiger partial charge on any atom is -0.495 e. The number of carbonyl (C=O) groups excluding carboxylic acids is 1. The minimum absolute atomic E-state index is 0.00226. The molecule has 12 heteroatoms. The molecule has 3 rings (SSSR count). The van der Waals surface area contributed by atoms with Crippen LogP contribution in [-0.4, -0.2) is 42.2 Å². The maximum atomic E-state index is 12.9. The Morgan fingerprint density at radius 3 is 2.19 bits per heavy atom. The molecule has 1 amide bonds. The first-order valence-corrected chi connectivity index (χ1v) is 14.4. The smallest absolute Gasteiger partial charge is 0.261 e. The summed E-state index contributed by atoms with van der Waals surface area (Å²) in [5.41, 5.74) is 1.72. The number of nitrogens with one attached hydrogen (secondary N) is 2. The van der Waals surface area contributed by atoms with E-state index in [4.69, 9.17) is 16.3 Å². The van der Waals surface area contributed by atoms with E-state index in [1.165, 1.54) is 56.5 Å². The van der Waals surface area contributed by atoms with E-state index < -0.39 is 32.0 Å². The van der Waals surface area contributed by atoms with E-state index in [0.29, 0.717) is 17.1 Å². The third kappa shape index (κ3) is 6.28. The standard InChI is InChI=1S/C24H26ClN3O6S2/c1-16-7-5-6-8-22(16)27-36(32,33)20-12-9-18(10-13-20)26-24(29)17(2)28(35(4,30)31)19-11-14-23(34-3)21(25)15-19/h5-15,17,27H,1-4H3,(H,26,29)/t17-/m0/s1. The normalized spacial score (nSPS) is 12.5. The van der Waals surface area contributed by atoms with Gasteiger partial charge in [-0.15, -0.1) is 0 Å². The van der Waals surface area contributed by atoms with Gasteiger partial charge in [0.15, 0.2) is 0 Å². The monoisotopic (exact) mass is 551 g/mol. The predicted molar refractivity (Wildman–Crippen MR) is 142 cm³/mol. The first-order valence-electron chi connectivity index (χ1n) is 10.7. The Kier molecular flexibility index (Phi) is 8.17. The molecule has 0 unspecified atom stereocenters. The van der Waals surface area contributed by atoms with Gasteiger partial charge < -0.3 is 10.1 Å². The van der Waals surface area contributed by atoms with Crippen molar-refractivity contribution in [1.29, 1.82) is 0 Å². The van der Waals surface area contributed by atoms with Crippen LogP contribution in [0.2, 0.25) is 5.02 Å². The first-order chi connectivity index (χ1) is 16.8. The molecule has 3 aromatic carbocycles. The molecule has 36 heavy (non-hydrogen) atoms. The number of halogens is 1. The van der Waals surface area contributed by atoms with Crippen LogP contribution in [0.25, 0.3) is 0 Å². The number of ether oxygens (including phenoxy) is 1. The van der Waals surface area contributed by atoms with E-state index in [0.717, 1.165) is 16.1 Å². The predicted octanol–water partition coefficient (Wildman–Crippen LogP) is 4.25. The van der Waals surface area contributed by atoms with Crippen molar-refractivity contribution in [3.8, 4) is 5.75 Å². The summed E-state index contributed by atoms with van der Waals surface area (Å²) < 4.78 is 59.1. The van der Waals surface area contributed by atoms with Crippen LogP contribution in [0, 0.1) is 6.92 Å². The van der Waals surface area contributed by atoms with E-state index >= 15 is 0 Å². The summed E-state index contributed by atoms with van der Waals surface area (Å²) >= 11 is 6.15. The van der Waals surface area contributed by atoms with Gasteiger partial charge in [0.2, 0.25) is 15.9 Å². The molecule has 0 aromatic heterocycles. The maximum absolute atomic E-state index is 12.9. The molecular weight excluding hydrogens is 526 g/mol. The highest BCUT2D eigenvalue weighted by molar-refractivity contribution is 7.92. The SMILES string of the molecule is COc1ccc(N([C@@H](C)C(=O)Nc2ccc(S(=O)(=O)Nc3ccccc3C)cc2)S(C)(=O)=O)cc1Cl. The van der Waals surface area contributed by atoms with Crippen LogP contribution >= 0.6 is 11.6 Å². The van der Waals surface area contributed by atoms with Crippen molar-refractivity contribution in [2.24, 2.45) is 0 Å². The molecule has 192 valence electrons. The van der Waals surface area contributed by atoms with Crippen LogP contribution < -0.4 is 19.1 Å². The molecule has 0 spiro atoms. The summed E-state index contributed by atoms with van der Waals surface area (Å²) in [5, 5.41) is 2.81. The van der Waals surface area contributed by atoms with Crippen LogP contribution in [0.5, 0.6) is 5.75 Å². The Labute approximate surface area is 216 Å². The van der Waals surface area contributed by atoms with Crippen LogP contribution in [0.4, 0.5) is 17.1 Å². The van der Waals surface area contributed by atoms with Gasteiger partial charge in [-0.1, -0.05) is 29.8 Å². The molecule has 0 aliphatic rings. The summed E-state index contributed by atoms with van der Waals surface area (Å²) in [6.07, 6.45) is 0.982. The second kappa shape index (κ2) is 10.8. The molecule has 0 heterocycles. The number of anilines is 3. The van der Waals surface area contributed by atoms with Gasteiger partial charge in [0.05, 0.1) is 34.7 Å². The van der Waals surface area contributed by atoms with Crippen molar-refractivity contribution in [2.45, 2.75) is 24.8 Å². The van der Waals surface area contributed by atoms with Crippen molar-refractivity contribution in [2.75, 3.05) is 27.7 Å². The molecule has 0 bridgehead atoms. The number of benzene rings is 3. The number of sulfonamides is 2. The summed E-state index contributed by atoms with van der Waals surface area (Å²) in [7, 11) is -6.28. The zero-order valence-corrected chi connectivity index (χ0v) is 22.4. The van der Waals surface area contributed by atoms with E-state index in [1.54, 1.807) is 31.2 Å². The lowest BCUT2D eigenvalue weighted by Gasteiger charge is -2.28. The van der Waals surface area contributed by atoms with Crippen molar-refractivity contribution >= 4 is 54.6 Å². The first kappa shape index (κ1) is 27.3. The molecule has 0 saturated heterocycles. The molecule has 0 fully saturated rings. The lowest BCUT2D eigenvalue weighted by Crippen LogP contribution is -2.45. The average molecular weight is 552 g/mol. The van der Waals surface area contributed by atoms with Gasteiger partial charge >= 0.3 is 0 Å². The summed E-state index contributed by atoms with van der Waals surface area (Å²) in [4.78, 5) is 12.9. The Hall–Kier alpha value is -3.28. The van der Waals surface area contributed by atoms with Crippen molar-refractivity contribution in [3.63, 3.8) is 0 Å². The summed E-state index contributed by atoms with van der Waals surface area (Å²) in [6, 6.07) is 15.8. The second-order valence-corrected chi connectivity index (χ2v) is 11.9. The number of rotatable bonds is 9. The summed E-state index contributed by atoms with van der Waals surface area (Å²) in [5.74, 6) is -0.265. The average Bonchev–Trinajstić information content (AvgIpc) is 2.80. The molecule has 2 N–H and O–H groups in total. The highest BCUT2D eigenvalue weighted by Gasteiger charge is 2.30. The topological polar surface area (TPSA) is 122 Å². The van der Waals surface area contributed by atoms with Crippen LogP contribution in [0.15, 0.2) is 71.6 Å². The van der Waals surface area contributed by atoms with Gasteiger partial charge in [0, 0.05) is 5.69 Å². The largest absolute Gasteiger partial charge is 0.495 e. The number of hydrogen-bond acceptors (Lipinski definition) is 6. The van der Waals surface area contributed by atoms with Crippen molar-refractivity contribution in [3.05, 3.63) is 77.3 Å². The van der Waals surface area contributed by atoms with Crippen molar-refractivity contribution < 1.29 is 26.4 Å². The van der Waals surface area contributed by atoms with Crippen LogP contribution in [0.1, 0.15) is 12.5 Å². The quantitative estimate of drug-likeness (QED) is 0.410. The fraction of sp³-hybridized carbons (Fsp3) is 0.208. The molecule has 3 aromatic rings. The lowest BCUT2D eigenvalue weighted by atomic mass is 10.2. The molecule has 9 nitrogen and oxygen atoms in total. The Balaban J connectivity index is 1.79. The Bertz CT molecular complexity index is 1480. The van der Waals surface area contributed by atoms with E-state index in [9.17, 15) is 21.6 Å².